The molecule has 1 fully saturated rings. The second kappa shape index (κ2) is 7.27. The van der Waals surface area contributed by atoms with Crippen LogP contribution in [0, 0.1) is 5.92 Å². The maximum atomic E-state index is 11.8. The van der Waals surface area contributed by atoms with Crippen molar-refractivity contribution in [1.82, 2.24) is 4.90 Å². The molecule has 1 N–H and O–H groups in total. The zero-order chi connectivity index (χ0) is 12.7. The van der Waals surface area contributed by atoms with Crippen molar-refractivity contribution in [3.63, 3.8) is 0 Å². The van der Waals surface area contributed by atoms with Crippen molar-refractivity contribution in [3.8, 4) is 0 Å². The summed E-state index contributed by atoms with van der Waals surface area (Å²) in [5.74, 6) is -1.10. The van der Waals surface area contributed by atoms with Gasteiger partial charge in [0.1, 0.15) is 0 Å². The highest BCUT2D eigenvalue weighted by molar-refractivity contribution is 5.78. The maximum absolute atomic E-state index is 11.8. The molecule has 1 rings (SSSR count). The SMILES string of the molecule is COCCCCC(=O)N1CCCC(C(=O)O)C1. The van der Waals surface area contributed by atoms with Gasteiger partial charge in [-0.3, -0.25) is 9.59 Å². The van der Waals surface area contributed by atoms with Crippen LogP contribution in [0.25, 0.3) is 0 Å². The molecule has 0 saturated carbocycles. The van der Waals surface area contributed by atoms with Gasteiger partial charge < -0.3 is 14.7 Å². The lowest BCUT2D eigenvalue weighted by Crippen LogP contribution is -2.42. The molecule has 1 heterocycles. The molecule has 0 aliphatic carbocycles. The van der Waals surface area contributed by atoms with Crippen LogP contribution in [-0.4, -0.2) is 48.7 Å². The first-order valence-corrected chi connectivity index (χ1v) is 6.14. The van der Waals surface area contributed by atoms with Crippen LogP contribution in [-0.2, 0) is 14.3 Å². The maximum Gasteiger partial charge on any atom is 0.308 e. The van der Waals surface area contributed by atoms with Crippen molar-refractivity contribution in [2.24, 2.45) is 5.92 Å². The molecule has 0 aromatic heterocycles. The zero-order valence-corrected chi connectivity index (χ0v) is 10.4. The summed E-state index contributed by atoms with van der Waals surface area (Å²) in [4.78, 5) is 24.4. The Kier molecular flexibility index (Phi) is 5.97. The van der Waals surface area contributed by atoms with Crippen molar-refractivity contribution in [3.05, 3.63) is 0 Å². The average Bonchev–Trinajstić information content (AvgIpc) is 2.34. The van der Waals surface area contributed by atoms with Gasteiger partial charge in [-0.05, 0) is 25.7 Å². The first kappa shape index (κ1) is 14.0. The van der Waals surface area contributed by atoms with Crippen molar-refractivity contribution in [2.45, 2.75) is 32.1 Å². The number of aliphatic carboxylic acids is 1. The van der Waals surface area contributed by atoms with Crippen molar-refractivity contribution in [1.29, 1.82) is 0 Å². The van der Waals surface area contributed by atoms with E-state index in [0.717, 1.165) is 19.3 Å². The predicted molar refractivity (Wildman–Crippen MR) is 62.7 cm³/mol. The number of hydrogen-bond donors (Lipinski definition) is 1. The largest absolute Gasteiger partial charge is 0.481 e. The molecule has 5 heteroatoms. The van der Waals surface area contributed by atoms with Crippen molar-refractivity contribution >= 4 is 11.9 Å². The number of rotatable bonds is 6. The van der Waals surface area contributed by atoms with Gasteiger partial charge in [0.15, 0.2) is 0 Å². The minimum Gasteiger partial charge on any atom is -0.481 e. The fraction of sp³-hybridized carbons (Fsp3) is 0.833. The normalized spacial score (nSPS) is 20.3. The van der Waals surface area contributed by atoms with Crippen LogP contribution < -0.4 is 0 Å². The minimum atomic E-state index is -0.790. The number of likely N-dealkylation sites (tertiary alicyclic amines) is 1. The van der Waals surface area contributed by atoms with Crippen LogP contribution in [0.15, 0.2) is 0 Å². The molecular formula is C12H21NO4. The molecule has 1 saturated heterocycles. The predicted octanol–water partition coefficient (Wildman–Crippen LogP) is 1.13. The number of ether oxygens (including phenoxy) is 1. The van der Waals surface area contributed by atoms with Crippen LogP contribution in [0.3, 0.4) is 0 Å². The second-order valence-electron chi connectivity index (χ2n) is 4.47. The van der Waals surface area contributed by atoms with E-state index >= 15 is 0 Å². The monoisotopic (exact) mass is 243 g/mol. The summed E-state index contributed by atoms with van der Waals surface area (Å²) in [6.45, 7) is 1.75. The molecule has 1 amide bonds. The molecule has 17 heavy (non-hydrogen) atoms. The summed E-state index contributed by atoms with van der Waals surface area (Å²) in [5, 5.41) is 8.93. The molecule has 1 aliphatic heterocycles. The van der Waals surface area contributed by atoms with Gasteiger partial charge in [0.25, 0.3) is 0 Å². The average molecular weight is 243 g/mol. The van der Waals surface area contributed by atoms with Crippen LogP contribution >= 0.6 is 0 Å². The van der Waals surface area contributed by atoms with E-state index in [2.05, 4.69) is 0 Å². The number of carboxylic acid groups (broad SMARTS) is 1. The number of amides is 1. The standard InChI is InChI=1S/C12H21NO4/c1-17-8-3-2-6-11(14)13-7-4-5-10(9-13)12(15)16/h10H,2-9H2,1H3,(H,15,16). The molecule has 0 aromatic rings. The Balaban J connectivity index is 2.28. The third kappa shape index (κ3) is 4.73. The highest BCUT2D eigenvalue weighted by Gasteiger charge is 2.27. The zero-order valence-electron chi connectivity index (χ0n) is 10.4. The molecule has 0 aromatic carbocycles. The third-order valence-electron chi connectivity index (χ3n) is 3.11. The van der Waals surface area contributed by atoms with Crippen LogP contribution in [0.4, 0.5) is 0 Å². The Labute approximate surface area is 102 Å². The van der Waals surface area contributed by atoms with Gasteiger partial charge >= 0.3 is 5.97 Å². The molecule has 0 spiro atoms. The number of carbonyl (C=O) groups excluding carboxylic acids is 1. The van der Waals surface area contributed by atoms with E-state index in [4.69, 9.17) is 9.84 Å². The quantitative estimate of drug-likeness (QED) is 0.710. The molecule has 0 bridgehead atoms. The lowest BCUT2D eigenvalue weighted by Gasteiger charge is -2.30. The molecular weight excluding hydrogens is 222 g/mol. The minimum absolute atomic E-state index is 0.0760. The van der Waals surface area contributed by atoms with Gasteiger partial charge in [-0.15, -0.1) is 0 Å². The summed E-state index contributed by atoms with van der Waals surface area (Å²) in [7, 11) is 1.64. The van der Waals surface area contributed by atoms with Gasteiger partial charge in [0.2, 0.25) is 5.91 Å². The summed E-state index contributed by atoms with van der Waals surface area (Å²) in [6, 6.07) is 0. The van der Waals surface area contributed by atoms with E-state index in [1.165, 1.54) is 0 Å². The van der Waals surface area contributed by atoms with E-state index < -0.39 is 5.97 Å². The van der Waals surface area contributed by atoms with E-state index in [9.17, 15) is 9.59 Å². The Morgan fingerprint density at radius 2 is 2.18 bits per heavy atom. The molecule has 98 valence electrons. The number of methoxy groups -OCH3 is 1. The Bertz CT molecular complexity index is 267. The highest BCUT2D eigenvalue weighted by atomic mass is 16.5. The topological polar surface area (TPSA) is 66.8 Å². The van der Waals surface area contributed by atoms with Gasteiger partial charge in [0, 0.05) is 33.2 Å². The van der Waals surface area contributed by atoms with Gasteiger partial charge in [-0.2, -0.15) is 0 Å². The summed E-state index contributed by atoms with van der Waals surface area (Å²) in [5.41, 5.74) is 0. The first-order chi connectivity index (χ1) is 8.15. The molecule has 1 unspecified atom stereocenters. The van der Waals surface area contributed by atoms with Gasteiger partial charge in [-0.1, -0.05) is 0 Å². The fourth-order valence-electron chi connectivity index (χ4n) is 2.09. The number of nitrogens with zero attached hydrogens (tertiary/aromatic N) is 1. The summed E-state index contributed by atoms with van der Waals surface area (Å²) in [6.07, 6.45) is 3.65. The van der Waals surface area contributed by atoms with E-state index in [1.54, 1.807) is 12.0 Å². The fourth-order valence-corrected chi connectivity index (χ4v) is 2.09. The summed E-state index contributed by atoms with van der Waals surface area (Å²) >= 11 is 0. The smallest absolute Gasteiger partial charge is 0.308 e. The lowest BCUT2D eigenvalue weighted by molar-refractivity contribution is -0.145. The summed E-state index contributed by atoms with van der Waals surface area (Å²) < 4.78 is 4.92. The van der Waals surface area contributed by atoms with Crippen LogP contribution in [0.2, 0.25) is 0 Å². The Hall–Kier alpha value is -1.10. The number of piperidine rings is 1. The number of unbranched alkanes of at least 4 members (excludes halogenated alkanes) is 1. The third-order valence-corrected chi connectivity index (χ3v) is 3.11. The van der Waals surface area contributed by atoms with E-state index in [1.807, 2.05) is 0 Å². The van der Waals surface area contributed by atoms with E-state index in [0.29, 0.717) is 32.5 Å². The van der Waals surface area contributed by atoms with Crippen molar-refractivity contribution < 1.29 is 19.4 Å². The van der Waals surface area contributed by atoms with Gasteiger partial charge in [0.05, 0.1) is 5.92 Å². The highest BCUT2D eigenvalue weighted by Crippen LogP contribution is 2.17. The van der Waals surface area contributed by atoms with Crippen LogP contribution in [0.5, 0.6) is 0 Å². The van der Waals surface area contributed by atoms with Crippen molar-refractivity contribution in [2.75, 3.05) is 26.8 Å². The number of carbonyl (C=O) groups is 2. The molecule has 5 nitrogen and oxygen atoms in total. The molecule has 1 atom stereocenters. The Morgan fingerprint density at radius 1 is 1.41 bits per heavy atom. The lowest BCUT2D eigenvalue weighted by atomic mass is 9.98. The number of carboxylic acids is 1. The molecule has 0 radical (unpaired) electrons. The first-order valence-electron chi connectivity index (χ1n) is 6.14. The Morgan fingerprint density at radius 3 is 2.82 bits per heavy atom. The second-order valence-corrected chi connectivity index (χ2v) is 4.47. The van der Waals surface area contributed by atoms with Gasteiger partial charge in [-0.25, -0.2) is 0 Å². The van der Waals surface area contributed by atoms with E-state index in [-0.39, 0.29) is 11.8 Å². The van der Waals surface area contributed by atoms with Crippen LogP contribution in [0.1, 0.15) is 32.1 Å². The number of hydrogen-bond acceptors (Lipinski definition) is 3. The molecule has 1 aliphatic rings.